The van der Waals surface area contributed by atoms with E-state index in [1.54, 1.807) is 24.3 Å². The molecule has 0 aliphatic carbocycles. The maximum Gasteiger partial charge on any atom is 0.329 e. The number of hydrogen-bond donors (Lipinski definition) is 3. The van der Waals surface area contributed by atoms with Gasteiger partial charge in [0.1, 0.15) is 24.2 Å². The summed E-state index contributed by atoms with van der Waals surface area (Å²) in [4.78, 5) is 64.4. The van der Waals surface area contributed by atoms with E-state index in [1.165, 1.54) is 27.0 Å². The van der Waals surface area contributed by atoms with Gasteiger partial charge in [0.05, 0.1) is 18.7 Å². The molecule has 216 valence electrons. The summed E-state index contributed by atoms with van der Waals surface area (Å²) in [5, 5.41) is 7.76. The van der Waals surface area contributed by atoms with Crippen LogP contribution in [0.25, 0.3) is 0 Å². The van der Waals surface area contributed by atoms with Gasteiger partial charge in [-0.1, -0.05) is 12.1 Å². The maximum atomic E-state index is 12.9. The number of hydrogen-bond acceptors (Lipinski definition) is 8. The van der Waals surface area contributed by atoms with Crippen molar-refractivity contribution < 1.29 is 37.8 Å². The number of nitrogens with zero attached hydrogens (tertiary/aromatic N) is 1. The largest absolute Gasteiger partial charge is 0.497 e. The van der Waals surface area contributed by atoms with Crippen LogP contribution in [0.1, 0.15) is 61.9 Å². The second kappa shape index (κ2) is 16.6. The number of methoxy groups -OCH3 is 1. The molecule has 1 aromatic heterocycles. The lowest BCUT2D eigenvalue weighted by atomic mass is 10.1. The van der Waals surface area contributed by atoms with Gasteiger partial charge >= 0.3 is 12.0 Å². The zero-order valence-electron chi connectivity index (χ0n) is 22.8. The molecule has 2 unspecified atom stereocenters. The summed E-state index contributed by atoms with van der Waals surface area (Å²) in [7, 11) is 1.54. The molecule has 0 bridgehead atoms. The molecular formula is C28H35FN4O7. The average Bonchev–Trinajstić information content (AvgIpc) is 2.93. The lowest BCUT2D eigenvalue weighted by molar-refractivity contribution is -0.147. The van der Waals surface area contributed by atoms with Gasteiger partial charge in [0, 0.05) is 19.2 Å². The number of benzene rings is 1. The molecule has 1 aromatic carbocycles. The Morgan fingerprint density at radius 1 is 0.925 bits per heavy atom. The molecule has 2 atom stereocenters. The van der Waals surface area contributed by atoms with Gasteiger partial charge in [0.25, 0.3) is 5.91 Å². The van der Waals surface area contributed by atoms with Crippen LogP contribution in [0.2, 0.25) is 0 Å². The topological polar surface area (TPSA) is 153 Å². The number of ketones is 2. The van der Waals surface area contributed by atoms with Crippen molar-refractivity contribution in [1.29, 1.82) is 0 Å². The Morgan fingerprint density at radius 3 is 2.23 bits per heavy atom. The third kappa shape index (κ3) is 11.6. The molecule has 2 aromatic rings. The third-order valence-corrected chi connectivity index (χ3v) is 5.91. The Balaban J connectivity index is 1.83. The summed E-state index contributed by atoms with van der Waals surface area (Å²) in [6.45, 7) is 2.99. The van der Waals surface area contributed by atoms with Crippen LogP contribution in [0.3, 0.4) is 0 Å². The van der Waals surface area contributed by atoms with E-state index in [4.69, 9.17) is 9.47 Å². The Labute approximate surface area is 232 Å². The van der Waals surface area contributed by atoms with E-state index in [9.17, 15) is 28.4 Å². The van der Waals surface area contributed by atoms with Gasteiger partial charge in [-0.3, -0.25) is 9.59 Å². The van der Waals surface area contributed by atoms with E-state index in [2.05, 4.69) is 20.9 Å². The fourth-order valence-electron chi connectivity index (χ4n) is 3.60. The Hall–Kier alpha value is -4.35. The third-order valence-electron chi connectivity index (χ3n) is 5.91. The van der Waals surface area contributed by atoms with E-state index in [0.717, 1.165) is 12.3 Å². The number of aromatic nitrogens is 1. The molecule has 0 radical (unpaired) electrons. The number of esters is 1. The highest BCUT2D eigenvalue weighted by atomic mass is 18.2. The van der Waals surface area contributed by atoms with Crippen LogP contribution < -0.4 is 20.7 Å². The molecule has 0 fully saturated rings. The van der Waals surface area contributed by atoms with Gasteiger partial charge in [0.15, 0.2) is 5.78 Å². The van der Waals surface area contributed by atoms with Crippen molar-refractivity contribution in [2.75, 3.05) is 13.7 Å². The average molecular weight is 558 g/mol. The first-order valence-corrected chi connectivity index (χ1v) is 12.8. The Kier molecular flexibility index (Phi) is 13.2. The molecule has 0 saturated carbocycles. The number of nitrogens with one attached hydrogen (secondary N) is 3. The van der Waals surface area contributed by atoms with E-state index in [1.807, 2.05) is 0 Å². The Morgan fingerprint density at radius 2 is 1.62 bits per heavy atom. The molecule has 0 aliphatic rings. The van der Waals surface area contributed by atoms with E-state index in [0.29, 0.717) is 37.1 Å². The quantitative estimate of drug-likeness (QED) is 0.162. The number of Topliss-reactive ketones (excluding diaryl/α,β-unsaturated/α-hetero) is 2. The highest BCUT2D eigenvalue weighted by molar-refractivity contribution is 5.93. The first-order valence-electron chi connectivity index (χ1n) is 12.8. The number of urea groups is 1. The second-order valence-corrected chi connectivity index (χ2v) is 9.15. The maximum absolute atomic E-state index is 12.9. The summed E-state index contributed by atoms with van der Waals surface area (Å²) in [6, 6.07) is 6.68. The highest BCUT2D eigenvalue weighted by Crippen LogP contribution is 2.13. The van der Waals surface area contributed by atoms with E-state index in [-0.39, 0.29) is 36.6 Å². The summed E-state index contributed by atoms with van der Waals surface area (Å²) in [5.74, 6) is -1.57. The lowest BCUT2D eigenvalue weighted by Crippen LogP contribution is -2.51. The molecule has 3 amide bonds. The van der Waals surface area contributed by atoms with Crippen LogP contribution in [0.4, 0.5) is 9.18 Å². The number of halogens is 1. The fraction of sp³-hybridized carbons (Fsp3) is 0.429. The summed E-state index contributed by atoms with van der Waals surface area (Å²) in [6.07, 6.45) is 2.56. The molecule has 0 aliphatic heterocycles. The predicted octanol–water partition coefficient (Wildman–Crippen LogP) is 2.87. The van der Waals surface area contributed by atoms with Crippen molar-refractivity contribution in [3.63, 3.8) is 0 Å². The predicted molar refractivity (Wildman–Crippen MR) is 143 cm³/mol. The smallest absolute Gasteiger partial charge is 0.329 e. The van der Waals surface area contributed by atoms with Crippen LogP contribution in [0.5, 0.6) is 5.75 Å². The number of pyridine rings is 1. The molecule has 40 heavy (non-hydrogen) atoms. The van der Waals surface area contributed by atoms with Crippen LogP contribution in [0.15, 0.2) is 42.6 Å². The molecule has 11 nitrogen and oxygen atoms in total. The van der Waals surface area contributed by atoms with Gasteiger partial charge in [-0.25, -0.2) is 14.6 Å². The van der Waals surface area contributed by atoms with Gasteiger partial charge < -0.3 is 30.2 Å². The molecule has 12 heteroatoms. The zero-order chi connectivity index (χ0) is 29.5. The Bertz CT molecular complexity index is 1160. The van der Waals surface area contributed by atoms with Crippen molar-refractivity contribution in [3.05, 3.63) is 59.7 Å². The van der Waals surface area contributed by atoms with Crippen LogP contribution in [0, 0.1) is 5.95 Å². The minimum Gasteiger partial charge on any atom is -0.497 e. The van der Waals surface area contributed by atoms with Gasteiger partial charge in [-0.05, 0) is 69.4 Å². The SMILES string of the molecule is COc1ccc(COC(=O)C(CCC(C)=O)NC(=O)NC(CCCCNC(=O)c2ccc([18F])nc2)C(C)=O)cc1. The van der Waals surface area contributed by atoms with Crippen molar-refractivity contribution in [1.82, 2.24) is 20.9 Å². The van der Waals surface area contributed by atoms with Gasteiger partial charge in [0.2, 0.25) is 5.95 Å². The molecule has 0 saturated heterocycles. The number of amides is 3. The lowest BCUT2D eigenvalue weighted by Gasteiger charge is -2.21. The van der Waals surface area contributed by atoms with E-state index >= 15 is 0 Å². The summed E-state index contributed by atoms with van der Waals surface area (Å²) in [5.41, 5.74) is 0.939. The first kappa shape index (κ1) is 31.9. The number of ether oxygens (including phenoxy) is 2. The normalized spacial score (nSPS) is 12.0. The van der Waals surface area contributed by atoms with Crippen LogP contribution in [-0.4, -0.2) is 60.2 Å². The molecule has 3 N–H and O–H groups in total. The number of rotatable bonds is 16. The van der Waals surface area contributed by atoms with E-state index < -0.39 is 35.9 Å². The number of unbranched alkanes of at least 4 members (excludes halogenated alkanes) is 1. The number of carbonyl (C=O) groups is 5. The van der Waals surface area contributed by atoms with Crippen molar-refractivity contribution in [2.45, 2.75) is 64.6 Å². The fourth-order valence-corrected chi connectivity index (χ4v) is 3.60. The molecule has 0 spiro atoms. The standard InChI is InChI=1S/C28H35FN4O7/c1-18(34)7-13-24(27(37)40-17-20-8-11-22(39-3)12-9-20)33-28(38)32-23(19(2)35)6-4-5-15-30-26(36)21-10-14-25(29)31-16-21/h8-12,14,16,23-24H,4-7,13,15,17H2,1-3H3,(H,30,36)(H2,32,33,38)/i29-1. The van der Waals surface area contributed by atoms with Crippen molar-refractivity contribution in [2.24, 2.45) is 0 Å². The minimum atomic E-state index is -1.09. The monoisotopic (exact) mass is 557 g/mol. The van der Waals surface area contributed by atoms with Crippen LogP contribution >= 0.6 is 0 Å². The number of carbonyl (C=O) groups excluding carboxylic acids is 5. The summed E-state index contributed by atoms with van der Waals surface area (Å²) < 4.78 is 23.3. The minimum absolute atomic E-state index is 0.0347. The molecule has 2 rings (SSSR count). The summed E-state index contributed by atoms with van der Waals surface area (Å²) >= 11 is 0. The van der Waals surface area contributed by atoms with Crippen molar-refractivity contribution >= 4 is 29.5 Å². The first-order chi connectivity index (χ1) is 19.1. The van der Waals surface area contributed by atoms with Gasteiger partial charge in [-0.15, -0.1) is 0 Å². The highest BCUT2D eigenvalue weighted by Gasteiger charge is 2.25. The zero-order valence-corrected chi connectivity index (χ0v) is 22.8. The second-order valence-electron chi connectivity index (χ2n) is 9.15. The van der Waals surface area contributed by atoms with Crippen LogP contribution in [-0.2, 0) is 25.7 Å². The molecule has 1 heterocycles. The van der Waals surface area contributed by atoms with Gasteiger partial charge in [-0.2, -0.15) is 4.39 Å². The van der Waals surface area contributed by atoms with Crippen molar-refractivity contribution in [3.8, 4) is 5.75 Å². The molecular weight excluding hydrogens is 522 g/mol.